The van der Waals surface area contributed by atoms with E-state index in [0.29, 0.717) is 24.4 Å². The lowest BCUT2D eigenvalue weighted by Crippen LogP contribution is -2.52. The van der Waals surface area contributed by atoms with Crippen LogP contribution in [0.3, 0.4) is 0 Å². The SMILES string of the molecule is Cn1cc(C(=O)N2CCN([C@@H]3CCS(=O)(=O)C3)CC2)cn1. The molecule has 1 amide bonds. The lowest BCUT2D eigenvalue weighted by molar-refractivity contribution is 0.0587. The minimum absolute atomic E-state index is 0.00166. The highest BCUT2D eigenvalue weighted by Gasteiger charge is 2.34. The molecule has 0 spiro atoms. The zero-order chi connectivity index (χ0) is 15.0. The normalized spacial score (nSPS) is 26.1. The van der Waals surface area contributed by atoms with E-state index in [1.165, 1.54) is 0 Å². The first-order valence-corrected chi connectivity index (χ1v) is 8.99. The maximum absolute atomic E-state index is 12.3. The number of hydrogen-bond acceptors (Lipinski definition) is 5. The number of piperazine rings is 1. The summed E-state index contributed by atoms with van der Waals surface area (Å²) in [5.41, 5.74) is 0.606. The number of amides is 1. The van der Waals surface area contributed by atoms with Gasteiger partial charge in [0, 0.05) is 45.5 Å². The van der Waals surface area contributed by atoms with Gasteiger partial charge in [-0.25, -0.2) is 8.42 Å². The molecule has 3 heterocycles. The van der Waals surface area contributed by atoms with Crippen molar-refractivity contribution in [3.05, 3.63) is 18.0 Å². The molecule has 21 heavy (non-hydrogen) atoms. The van der Waals surface area contributed by atoms with E-state index in [9.17, 15) is 13.2 Å². The smallest absolute Gasteiger partial charge is 0.257 e. The predicted molar refractivity (Wildman–Crippen MR) is 77.7 cm³/mol. The van der Waals surface area contributed by atoms with Gasteiger partial charge in [-0.1, -0.05) is 0 Å². The fourth-order valence-corrected chi connectivity index (χ4v) is 4.83. The van der Waals surface area contributed by atoms with Gasteiger partial charge in [-0.3, -0.25) is 14.4 Å². The average Bonchev–Trinajstić information content (AvgIpc) is 3.04. The first-order valence-electron chi connectivity index (χ1n) is 7.17. The zero-order valence-corrected chi connectivity index (χ0v) is 12.9. The third kappa shape index (κ3) is 3.11. The van der Waals surface area contributed by atoms with Crippen LogP contribution in [-0.4, -0.2) is 77.6 Å². The predicted octanol–water partition coefficient (Wildman–Crippen LogP) is -0.635. The van der Waals surface area contributed by atoms with Gasteiger partial charge in [0.15, 0.2) is 9.84 Å². The highest BCUT2D eigenvalue weighted by Crippen LogP contribution is 2.19. The monoisotopic (exact) mass is 312 g/mol. The molecule has 1 atom stereocenters. The molecule has 8 heteroatoms. The van der Waals surface area contributed by atoms with Crippen LogP contribution in [0.2, 0.25) is 0 Å². The summed E-state index contributed by atoms with van der Waals surface area (Å²) in [5.74, 6) is 0.567. The topological polar surface area (TPSA) is 75.5 Å². The molecule has 116 valence electrons. The van der Waals surface area contributed by atoms with E-state index in [4.69, 9.17) is 0 Å². The average molecular weight is 312 g/mol. The number of rotatable bonds is 2. The lowest BCUT2D eigenvalue weighted by Gasteiger charge is -2.37. The van der Waals surface area contributed by atoms with Gasteiger partial charge in [0.25, 0.3) is 5.91 Å². The largest absolute Gasteiger partial charge is 0.336 e. The molecule has 0 bridgehead atoms. The molecule has 0 aromatic carbocycles. The summed E-state index contributed by atoms with van der Waals surface area (Å²) < 4.78 is 24.7. The highest BCUT2D eigenvalue weighted by molar-refractivity contribution is 7.91. The third-order valence-corrected chi connectivity index (χ3v) is 6.03. The van der Waals surface area contributed by atoms with Crippen LogP contribution in [0.25, 0.3) is 0 Å². The summed E-state index contributed by atoms with van der Waals surface area (Å²) in [4.78, 5) is 16.3. The van der Waals surface area contributed by atoms with Crippen LogP contribution in [-0.2, 0) is 16.9 Å². The van der Waals surface area contributed by atoms with Crippen LogP contribution in [0, 0.1) is 0 Å². The molecule has 0 radical (unpaired) electrons. The second kappa shape index (κ2) is 5.42. The number of carbonyl (C=O) groups is 1. The summed E-state index contributed by atoms with van der Waals surface area (Å²) in [6.45, 7) is 2.77. The van der Waals surface area contributed by atoms with E-state index in [1.54, 1.807) is 24.1 Å². The Bertz CT molecular complexity index is 632. The van der Waals surface area contributed by atoms with Crippen molar-refractivity contribution in [3.8, 4) is 0 Å². The molecule has 0 aliphatic carbocycles. The molecule has 0 unspecified atom stereocenters. The van der Waals surface area contributed by atoms with Crippen LogP contribution < -0.4 is 0 Å². The van der Waals surface area contributed by atoms with Gasteiger partial charge in [-0.05, 0) is 6.42 Å². The Hall–Kier alpha value is -1.41. The molecular formula is C13H20N4O3S. The Morgan fingerprint density at radius 1 is 1.29 bits per heavy atom. The molecule has 1 aromatic heterocycles. The molecule has 3 rings (SSSR count). The summed E-state index contributed by atoms with van der Waals surface area (Å²) in [5, 5.41) is 4.02. The molecule has 0 N–H and O–H groups in total. The lowest BCUT2D eigenvalue weighted by atomic mass is 10.2. The van der Waals surface area contributed by atoms with E-state index in [2.05, 4.69) is 10.00 Å². The first-order chi connectivity index (χ1) is 9.94. The number of aryl methyl sites for hydroxylation is 1. The quantitative estimate of drug-likeness (QED) is 0.726. The fraction of sp³-hybridized carbons (Fsp3) is 0.692. The Morgan fingerprint density at radius 2 is 2.00 bits per heavy atom. The van der Waals surface area contributed by atoms with Crippen molar-refractivity contribution in [2.75, 3.05) is 37.7 Å². The summed E-state index contributed by atoms with van der Waals surface area (Å²) >= 11 is 0. The number of nitrogens with zero attached hydrogens (tertiary/aromatic N) is 4. The fourth-order valence-electron chi connectivity index (χ4n) is 3.07. The molecule has 2 saturated heterocycles. The highest BCUT2D eigenvalue weighted by atomic mass is 32.2. The second-order valence-corrected chi connectivity index (χ2v) is 8.02. The Labute approximate surface area is 124 Å². The van der Waals surface area contributed by atoms with Gasteiger partial charge < -0.3 is 4.90 Å². The van der Waals surface area contributed by atoms with Crippen molar-refractivity contribution < 1.29 is 13.2 Å². The molecule has 0 saturated carbocycles. The molecule has 1 aromatic rings. The van der Waals surface area contributed by atoms with E-state index >= 15 is 0 Å². The molecule has 2 aliphatic rings. The van der Waals surface area contributed by atoms with E-state index in [0.717, 1.165) is 19.5 Å². The van der Waals surface area contributed by atoms with Gasteiger partial charge >= 0.3 is 0 Å². The van der Waals surface area contributed by atoms with Crippen molar-refractivity contribution in [2.24, 2.45) is 7.05 Å². The van der Waals surface area contributed by atoms with E-state index in [1.807, 2.05) is 4.90 Å². The van der Waals surface area contributed by atoms with Crippen molar-refractivity contribution in [2.45, 2.75) is 12.5 Å². The Balaban J connectivity index is 1.57. The molecule has 2 fully saturated rings. The van der Waals surface area contributed by atoms with Crippen molar-refractivity contribution in [3.63, 3.8) is 0 Å². The Morgan fingerprint density at radius 3 is 2.52 bits per heavy atom. The number of sulfone groups is 1. The summed E-state index contributed by atoms with van der Waals surface area (Å²) in [7, 11) is -1.06. The maximum atomic E-state index is 12.3. The Kier molecular flexibility index (Phi) is 3.75. The van der Waals surface area contributed by atoms with Crippen molar-refractivity contribution >= 4 is 15.7 Å². The van der Waals surface area contributed by atoms with Crippen LogP contribution in [0.15, 0.2) is 12.4 Å². The minimum atomic E-state index is -2.85. The maximum Gasteiger partial charge on any atom is 0.257 e. The van der Waals surface area contributed by atoms with Gasteiger partial charge in [-0.15, -0.1) is 0 Å². The summed E-state index contributed by atoms with van der Waals surface area (Å²) in [6.07, 6.45) is 4.02. The van der Waals surface area contributed by atoms with Gasteiger partial charge in [0.2, 0.25) is 0 Å². The first kappa shape index (κ1) is 14.5. The van der Waals surface area contributed by atoms with Gasteiger partial charge in [-0.2, -0.15) is 5.10 Å². The molecule has 7 nitrogen and oxygen atoms in total. The minimum Gasteiger partial charge on any atom is -0.336 e. The van der Waals surface area contributed by atoms with Crippen molar-refractivity contribution in [1.82, 2.24) is 19.6 Å². The van der Waals surface area contributed by atoms with Gasteiger partial charge in [0.05, 0.1) is 23.3 Å². The van der Waals surface area contributed by atoms with E-state index < -0.39 is 9.84 Å². The standard InChI is InChI=1S/C13H20N4O3S/c1-15-9-11(8-14-15)13(18)17-5-3-16(4-6-17)12-2-7-21(19,20)10-12/h8-9,12H,2-7,10H2,1H3/t12-/m1/s1. The van der Waals surface area contributed by atoms with Gasteiger partial charge in [0.1, 0.15) is 0 Å². The molecular weight excluding hydrogens is 292 g/mol. The third-order valence-electron chi connectivity index (χ3n) is 4.28. The van der Waals surface area contributed by atoms with Crippen LogP contribution in [0.1, 0.15) is 16.8 Å². The second-order valence-electron chi connectivity index (χ2n) is 5.79. The number of hydrogen-bond donors (Lipinski definition) is 0. The van der Waals surface area contributed by atoms with Crippen LogP contribution in [0.4, 0.5) is 0 Å². The van der Waals surface area contributed by atoms with Crippen LogP contribution >= 0.6 is 0 Å². The zero-order valence-electron chi connectivity index (χ0n) is 12.1. The number of carbonyl (C=O) groups excluding carboxylic acids is 1. The van der Waals surface area contributed by atoms with Crippen LogP contribution in [0.5, 0.6) is 0 Å². The summed E-state index contributed by atoms with van der Waals surface area (Å²) in [6, 6.07) is 0.130. The number of aromatic nitrogens is 2. The van der Waals surface area contributed by atoms with Crippen molar-refractivity contribution in [1.29, 1.82) is 0 Å². The molecule has 2 aliphatic heterocycles. The van der Waals surface area contributed by atoms with E-state index in [-0.39, 0.29) is 17.7 Å².